The van der Waals surface area contributed by atoms with E-state index in [0.717, 1.165) is 24.8 Å². The molecule has 16 nitrogen and oxygen atoms in total. The third kappa shape index (κ3) is 20.6. The third-order valence-electron chi connectivity index (χ3n) is 11.5. The number of unbranched alkanes of at least 4 members (excludes halogenated alkanes) is 1. The summed E-state index contributed by atoms with van der Waals surface area (Å²) in [4.78, 5) is 65.9. The molecule has 2 aromatic carbocycles. The number of esters is 3. The van der Waals surface area contributed by atoms with Gasteiger partial charge in [-0.2, -0.15) is 0 Å². The van der Waals surface area contributed by atoms with Crippen molar-refractivity contribution in [3.8, 4) is 5.75 Å². The summed E-state index contributed by atoms with van der Waals surface area (Å²) in [5.74, 6) is -2.55. The zero-order chi connectivity index (χ0) is 50.2. The van der Waals surface area contributed by atoms with Crippen molar-refractivity contribution in [2.24, 2.45) is 17.3 Å². The van der Waals surface area contributed by atoms with Crippen LogP contribution in [0.15, 0.2) is 67.3 Å². The summed E-state index contributed by atoms with van der Waals surface area (Å²) in [5.41, 5.74) is 1.65. The maximum Gasteiger partial charge on any atom is 0.347 e. The predicted molar refractivity (Wildman–Crippen MR) is 259 cm³/mol. The molecule has 0 radical (unpaired) electrons. The average Bonchev–Trinajstić information content (AvgIpc) is 4.12. The molecular formula is C52H73ClN2O14. The summed E-state index contributed by atoms with van der Waals surface area (Å²) in [7, 11) is 1.50. The van der Waals surface area contributed by atoms with Gasteiger partial charge in [-0.25, -0.2) is 4.79 Å². The smallest absolute Gasteiger partial charge is 0.347 e. The minimum absolute atomic E-state index is 0.00954. The summed E-state index contributed by atoms with van der Waals surface area (Å²) >= 11 is 6.37. The summed E-state index contributed by atoms with van der Waals surface area (Å²) in [6.07, 6.45) is 5.50. The number of cyclic esters (lactones) is 2. The number of hydrogen-bond donors (Lipinski definition) is 2. The van der Waals surface area contributed by atoms with Gasteiger partial charge in [-0.15, -0.1) is 0 Å². The number of rotatable bonds is 27. The number of hydrogen-bond acceptors (Lipinski definition) is 14. The van der Waals surface area contributed by atoms with Crippen molar-refractivity contribution >= 4 is 41.3 Å². The number of methoxy groups -OCH3 is 1. The maximum atomic E-state index is 13.9. The van der Waals surface area contributed by atoms with E-state index in [-0.39, 0.29) is 75.5 Å². The average molecular weight is 986 g/mol. The molecule has 0 aliphatic carbocycles. The minimum atomic E-state index is -1.23. The van der Waals surface area contributed by atoms with E-state index in [1.165, 1.54) is 24.8 Å². The van der Waals surface area contributed by atoms with E-state index in [1.54, 1.807) is 38.1 Å². The van der Waals surface area contributed by atoms with Gasteiger partial charge < -0.3 is 53.3 Å². The summed E-state index contributed by atoms with van der Waals surface area (Å²) in [6, 6.07) is 12.4. The topological polar surface area (TPSA) is 196 Å². The highest BCUT2D eigenvalue weighted by atomic mass is 35.5. The van der Waals surface area contributed by atoms with Crippen LogP contribution >= 0.6 is 11.6 Å². The van der Waals surface area contributed by atoms with E-state index in [2.05, 4.69) is 41.5 Å². The van der Waals surface area contributed by atoms with E-state index in [1.807, 2.05) is 20.8 Å². The summed E-state index contributed by atoms with van der Waals surface area (Å²) in [6.45, 7) is 16.2. The molecule has 17 heteroatoms. The fourth-order valence-corrected chi connectivity index (χ4v) is 7.65. The first kappa shape index (κ1) is 56.7. The normalized spacial score (nSPS) is 21.9. The summed E-state index contributed by atoms with van der Waals surface area (Å²) < 4.78 is 50.5. The highest BCUT2D eigenvalue weighted by Crippen LogP contribution is 2.45. The molecule has 2 aromatic rings. The van der Waals surface area contributed by atoms with Gasteiger partial charge in [-0.1, -0.05) is 81.4 Å². The highest BCUT2D eigenvalue weighted by molar-refractivity contribution is 6.32. The monoisotopic (exact) mass is 984 g/mol. The van der Waals surface area contributed by atoms with Crippen molar-refractivity contribution in [2.45, 2.75) is 110 Å². The molecular weight excluding hydrogens is 912 g/mol. The standard InChI is InChI=1S/C52H73ClN2O14/c1-8-22-66-46(57)21-24-63-26-28-65-30-29-64-27-25-62-23-10-9-12-37-15-18-39(19-16-37)48-47(69-48)36(4)42-13-11-14-45(56)55-41(33-38-17-20-43(61-7)40(53)32-38)49(58)54-34-52(5,6)51(60)68-44(31-35(2)3)50(59)67-42/h8,11,14-20,32,35-36,41-42,44,47-48H,1,9-10,12-13,21-31,33-34H2,2-7H3,(H,54,58)(H,55,56)/b14-11+/t36-,41+,42-,44-,47+,48+/m0/s1. The number of halogens is 1. The quantitative estimate of drug-likeness (QED) is 0.0318. The van der Waals surface area contributed by atoms with Gasteiger partial charge in [0.1, 0.15) is 30.6 Å². The Labute approximate surface area is 412 Å². The molecule has 0 bridgehead atoms. The Hall–Kier alpha value is -4.84. The van der Waals surface area contributed by atoms with Gasteiger partial charge in [0, 0.05) is 31.9 Å². The number of carbonyl (C=O) groups excluding carboxylic acids is 5. The number of amides is 2. The Bertz CT molecular complexity index is 1970. The number of ether oxygens (including phenoxy) is 9. The van der Waals surface area contributed by atoms with Crippen LogP contribution in [-0.2, 0) is 74.7 Å². The number of epoxide rings is 1. The lowest BCUT2D eigenvalue weighted by Gasteiger charge is -2.29. The van der Waals surface area contributed by atoms with Gasteiger partial charge in [0.15, 0.2) is 6.10 Å². The molecule has 1 fully saturated rings. The van der Waals surface area contributed by atoms with Crippen molar-refractivity contribution in [3.05, 3.63) is 89.0 Å². The Balaban J connectivity index is 1.26. The molecule has 382 valence electrons. The van der Waals surface area contributed by atoms with Gasteiger partial charge in [0.25, 0.3) is 0 Å². The molecule has 4 rings (SSSR count). The third-order valence-corrected chi connectivity index (χ3v) is 11.8. The zero-order valence-corrected chi connectivity index (χ0v) is 41.9. The van der Waals surface area contributed by atoms with Gasteiger partial charge in [0.05, 0.1) is 76.3 Å². The lowest BCUT2D eigenvalue weighted by Crippen LogP contribution is -2.51. The van der Waals surface area contributed by atoms with E-state index >= 15 is 0 Å². The van der Waals surface area contributed by atoms with Crippen LogP contribution in [0.4, 0.5) is 0 Å². The van der Waals surface area contributed by atoms with Gasteiger partial charge in [-0.3, -0.25) is 19.2 Å². The first-order valence-corrected chi connectivity index (χ1v) is 24.3. The number of carbonyl (C=O) groups is 5. The number of aryl methyl sites for hydroxylation is 1. The molecule has 0 spiro atoms. The van der Waals surface area contributed by atoms with Crippen LogP contribution in [0.3, 0.4) is 0 Å². The van der Waals surface area contributed by atoms with E-state index < -0.39 is 47.4 Å². The van der Waals surface area contributed by atoms with Gasteiger partial charge in [-0.05, 0) is 80.3 Å². The fraction of sp³-hybridized carbons (Fsp3) is 0.596. The van der Waals surface area contributed by atoms with Crippen molar-refractivity contribution in [1.82, 2.24) is 10.6 Å². The first-order chi connectivity index (χ1) is 33.1. The molecule has 0 unspecified atom stereocenters. The number of benzene rings is 2. The largest absolute Gasteiger partial charge is 0.495 e. The SMILES string of the molecule is C=CCOC(=O)CCOCCOCCOCCOCCCCc1ccc([C@H]2O[C@@H]2[C@@H](C)[C@@H]2C/C=C/C(=O)N[C@H](Cc3ccc(OC)c(Cl)c3)C(=O)NCC(C)(C)C(=O)O[C@@H](CC(C)C)C(=O)O2)cc1. The Morgan fingerprint density at radius 3 is 2.17 bits per heavy atom. The Morgan fingerprint density at radius 2 is 1.54 bits per heavy atom. The first-order valence-electron chi connectivity index (χ1n) is 23.9. The zero-order valence-electron chi connectivity index (χ0n) is 41.1. The summed E-state index contributed by atoms with van der Waals surface area (Å²) in [5, 5.41) is 5.93. The van der Waals surface area contributed by atoms with Gasteiger partial charge in [0.2, 0.25) is 11.8 Å². The van der Waals surface area contributed by atoms with Crippen molar-refractivity contribution < 1.29 is 66.6 Å². The van der Waals surface area contributed by atoms with Crippen LogP contribution in [0.2, 0.25) is 5.02 Å². The molecule has 1 saturated heterocycles. The second-order valence-electron chi connectivity index (χ2n) is 18.2. The van der Waals surface area contributed by atoms with Crippen LogP contribution in [0, 0.1) is 17.3 Å². The second kappa shape index (κ2) is 30.0. The van der Waals surface area contributed by atoms with Crippen LogP contribution in [0.1, 0.15) is 89.5 Å². The predicted octanol–water partition coefficient (Wildman–Crippen LogP) is 6.63. The molecule has 2 aliphatic heterocycles. The fourth-order valence-electron chi connectivity index (χ4n) is 7.37. The molecule has 2 aliphatic rings. The second-order valence-corrected chi connectivity index (χ2v) is 18.6. The van der Waals surface area contributed by atoms with Crippen molar-refractivity contribution in [1.29, 1.82) is 0 Å². The van der Waals surface area contributed by atoms with Gasteiger partial charge >= 0.3 is 17.9 Å². The lowest BCUT2D eigenvalue weighted by atomic mass is 9.92. The Morgan fingerprint density at radius 1 is 0.884 bits per heavy atom. The van der Waals surface area contributed by atoms with Crippen LogP contribution in [-0.4, -0.2) is 127 Å². The number of nitrogens with one attached hydrogen (secondary N) is 2. The molecule has 0 aromatic heterocycles. The van der Waals surface area contributed by atoms with E-state index in [0.29, 0.717) is 62.6 Å². The van der Waals surface area contributed by atoms with E-state index in [4.69, 9.17) is 54.2 Å². The van der Waals surface area contributed by atoms with Crippen molar-refractivity contribution in [3.63, 3.8) is 0 Å². The molecule has 69 heavy (non-hydrogen) atoms. The molecule has 2 N–H and O–H groups in total. The lowest BCUT2D eigenvalue weighted by molar-refractivity contribution is -0.179. The minimum Gasteiger partial charge on any atom is -0.495 e. The van der Waals surface area contributed by atoms with E-state index in [9.17, 15) is 24.0 Å². The molecule has 2 amide bonds. The van der Waals surface area contributed by atoms with Crippen LogP contribution in [0.5, 0.6) is 5.75 Å². The van der Waals surface area contributed by atoms with Crippen molar-refractivity contribution in [2.75, 3.05) is 73.1 Å². The Kier molecular flexibility index (Phi) is 24.7. The molecule has 0 saturated carbocycles. The highest BCUT2D eigenvalue weighted by Gasteiger charge is 2.48. The maximum absolute atomic E-state index is 13.9. The molecule has 6 atom stereocenters. The van der Waals surface area contributed by atoms with Crippen LogP contribution in [0.25, 0.3) is 0 Å². The van der Waals surface area contributed by atoms with Crippen LogP contribution < -0.4 is 15.4 Å². The molecule has 2 heterocycles.